The first-order chi connectivity index (χ1) is 8.49. The standard InChI is InChI=1S/C14H26N2O2/c1-10-7-11(9-18-10)13(17)16-8-12-14(2,3)5-4-6-15-12/h10-12,15H,4-9H2,1-3H3,(H,16,17). The Balaban J connectivity index is 1.78. The summed E-state index contributed by atoms with van der Waals surface area (Å²) in [6.07, 6.45) is 3.54. The van der Waals surface area contributed by atoms with Gasteiger partial charge in [0, 0.05) is 12.6 Å². The van der Waals surface area contributed by atoms with E-state index < -0.39 is 0 Å². The molecule has 2 N–H and O–H groups in total. The number of piperidine rings is 1. The summed E-state index contributed by atoms with van der Waals surface area (Å²) in [5.74, 6) is 0.203. The van der Waals surface area contributed by atoms with E-state index in [4.69, 9.17) is 4.74 Å². The van der Waals surface area contributed by atoms with Gasteiger partial charge >= 0.3 is 0 Å². The van der Waals surface area contributed by atoms with Crippen LogP contribution in [0.3, 0.4) is 0 Å². The second kappa shape index (κ2) is 5.57. The molecule has 2 fully saturated rings. The Morgan fingerprint density at radius 1 is 1.50 bits per heavy atom. The number of hydrogen-bond donors (Lipinski definition) is 2. The molecule has 18 heavy (non-hydrogen) atoms. The maximum Gasteiger partial charge on any atom is 0.225 e. The van der Waals surface area contributed by atoms with Crippen molar-refractivity contribution in [1.29, 1.82) is 0 Å². The Kier molecular flexibility index (Phi) is 4.28. The maximum absolute atomic E-state index is 12.0. The van der Waals surface area contributed by atoms with Crippen LogP contribution >= 0.6 is 0 Å². The van der Waals surface area contributed by atoms with E-state index >= 15 is 0 Å². The first-order valence-corrected chi connectivity index (χ1v) is 7.12. The minimum atomic E-state index is 0.0479. The smallest absolute Gasteiger partial charge is 0.225 e. The van der Waals surface area contributed by atoms with Gasteiger partial charge in [-0.25, -0.2) is 0 Å². The van der Waals surface area contributed by atoms with Gasteiger partial charge in [-0.05, 0) is 38.1 Å². The third-order valence-electron chi connectivity index (χ3n) is 4.38. The minimum Gasteiger partial charge on any atom is -0.378 e. The molecule has 0 aromatic heterocycles. The molecule has 3 unspecified atom stereocenters. The van der Waals surface area contributed by atoms with Gasteiger partial charge in [-0.15, -0.1) is 0 Å². The summed E-state index contributed by atoms with van der Waals surface area (Å²) in [5.41, 5.74) is 0.269. The molecule has 1 amide bonds. The normalized spacial score (nSPS) is 35.4. The highest BCUT2D eigenvalue weighted by atomic mass is 16.5. The number of carbonyl (C=O) groups excluding carboxylic acids is 1. The third-order valence-corrected chi connectivity index (χ3v) is 4.38. The Hall–Kier alpha value is -0.610. The van der Waals surface area contributed by atoms with Crippen molar-refractivity contribution in [2.24, 2.45) is 11.3 Å². The predicted octanol–water partition coefficient (Wildman–Crippen LogP) is 1.31. The zero-order valence-corrected chi connectivity index (χ0v) is 11.8. The maximum atomic E-state index is 12.0. The van der Waals surface area contributed by atoms with Gasteiger partial charge < -0.3 is 15.4 Å². The van der Waals surface area contributed by atoms with Crippen LogP contribution in [-0.2, 0) is 9.53 Å². The molecule has 0 aromatic carbocycles. The molecular weight excluding hydrogens is 228 g/mol. The number of amides is 1. The largest absolute Gasteiger partial charge is 0.378 e. The summed E-state index contributed by atoms with van der Waals surface area (Å²) in [6.45, 7) is 8.95. The molecular formula is C14H26N2O2. The fraction of sp³-hybridized carbons (Fsp3) is 0.929. The summed E-state index contributed by atoms with van der Waals surface area (Å²) in [6, 6.07) is 0.384. The van der Waals surface area contributed by atoms with Gasteiger partial charge in [0.05, 0.1) is 18.6 Å². The molecule has 2 aliphatic rings. The molecule has 2 heterocycles. The number of ether oxygens (including phenoxy) is 1. The van der Waals surface area contributed by atoms with E-state index in [0.717, 1.165) is 19.5 Å². The first-order valence-electron chi connectivity index (χ1n) is 7.12. The second-order valence-electron chi connectivity index (χ2n) is 6.42. The molecule has 0 spiro atoms. The Morgan fingerprint density at radius 3 is 2.89 bits per heavy atom. The van der Waals surface area contributed by atoms with E-state index in [1.54, 1.807) is 0 Å². The van der Waals surface area contributed by atoms with Gasteiger partial charge in [0.25, 0.3) is 0 Å². The number of nitrogens with one attached hydrogen (secondary N) is 2. The van der Waals surface area contributed by atoms with Gasteiger partial charge in [0.15, 0.2) is 0 Å². The molecule has 104 valence electrons. The predicted molar refractivity (Wildman–Crippen MR) is 71.3 cm³/mol. The molecule has 2 aliphatic heterocycles. The van der Waals surface area contributed by atoms with Crippen molar-refractivity contribution < 1.29 is 9.53 Å². The first kappa shape index (κ1) is 13.8. The topological polar surface area (TPSA) is 50.4 Å². The van der Waals surface area contributed by atoms with Crippen LogP contribution in [0.2, 0.25) is 0 Å². The zero-order chi connectivity index (χ0) is 13.2. The average molecular weight is 254 g/mol. The van der Waals surface area contributed by atoms with Crippen LogP contribution in [0.5, 0.6) is 0 Å². The third kappa shape index (κ3) is 3.23. The van der Waals surface area contributed by atoms with Crippen LogP contribution in [-0.4, -0.2) is 37.7 Å². The monoisotopic (exact) mass is 254 g/mol. The van der Waals surface area contributed by atoms with E-state index in [-0.39, 0.29) is 23.3 Å². The highest BCUT2D eigenvalue weighted by Gasteiger charge is 2.33. The molecule has 2 rings (SSSR count). The minimum absolute atomic E-state index is 0.0479. The van der Waals surface area contributed by atoms with Crippen LogP contribution in [0.25, 0.3) is 0 Å². The van der Waals surface area contributed by atoms with E-state index in [1.165, 1.54) is 12.8 Å². The molecule has 4 nitrogen and oxygen atoms in total. The van der Waals surface area contributed by atoms with Gasteiger partial charge in [0.1, 0.15) is 0 Å². The van der Waals surface area contributed by atoms with Gasteiger partial charge in [-0.1, -0.05) is 13.8 Å². The van der Waals surface area contributed by atoms with Crippen LogP contribution < -0.4 is 10.6 Å². The fourth-order valence-corrected chi connectivity index (χ4v) is 2.97. The Bertz CT molecular complexity index is 304. The van der Waals surface area contributed by atoms with Crippen molar-refractivity contribution >= 4 is 5.91 Å². The highest BCUT2D eigenvalue weighted by Crippen LogP contribution is 2.29. The molecule has 0 bridgehead atoms. The van der Waals surface area contributed by atoms with Crippen molar-refractivity contribution in [3.8, 4) is 0 Å². The van der Waals surface area contributed by atoms with Crippen LogP contribution in [0.4, 0.5) is 0 Å². The number of rotatable bonds is 3. The molecule has 0 aromatic rings. The van der Waals surface area contributed by atoms with Crippen molar-refractivity contribution in [2.45, 2.75) is 52.2 Å². The lowest BCUT2D eigenvalue weighted by Gasteiger charge is -2.39. The molecule has 0 saturated carbocycles. The van der Waals surface area contributed by atoms with E-state index in [0.29, 0.717) is 12.6 Å². The SMILES string of the molecule is CC1CC(C(=O)NCC2NCCCC2(C)C)CO1. The second-order valence-corrected chi connectivity index (χ2v) is 6.42. The summed E-state index contributed by atoms with van der Waals surface area (Å²) >= 11 is 0. The highest BCUT2D eigenvalue weighted by molar-refractivity contribution is 5.79. The average Bonchev–Trinajstić information content (AvgIpc) is 2.73. The Morgan fingerprint density at radius 2 is 2.28 bits per heavy atom. The zero-order valence-electron chi connectivity index (χ0n) is 11.8. The van der Waals surface area contributed by atoms with Crippen molar-refractivity contribution in [2.75, 3.05) is 19.7 Å². The molecule has 0 radical (unpaired) electrons. The summed E-state index contributed by atoms with van der Waals surface area (Å²) in [5, 5.41) is 6.61. The van der Waals surface area contributed by atoms with Gasteiger partial charge in [-0.3, -0.25) is 4.79 Å². The molecule has 3 atom stereocenters. The van der Waals surface area contributed by atoms with E-state index in [1.807, 2.05) is 6.92 Å². The number of hydrogen-bond acceptors (Lipinski definition) is 3. The summed E-state index contributed by atoms with van der Waals surface area (Å²) < 4.78 is 5.44. The molecule has 2 saturated heterocycles. The lowest BCUT2D eigenvalue weighted by Crippen LogP contribution is -2.53. The van der Waals surface area contributed by atoms with Gasteiger partial charge in [-0.2, -0.15) is 0 Å². The number of carbonyl (C=O) groups is 1. The van der Waals surface area contributed by atoms with Gasteiger partial charge in [0.2, 0.25) is 5.91 Å². The van der Waals surface area contributed by atoms with Crippen LogP contribution in [0.1, 0.15) is 40.0 Å². The molecule has 4 heteroatoms. The van der Waals surface area contributed by atoms with Crippen molar-refractivity contribution in [1.82, 2.24) is 10.6 Å². The summed E-state index contributed by atoms with van der Waals surface area (Å²) in [7, 11) is 0. The van der Waals surface area contributed by atoms with Crippen LogP contribution in [0, 0.1) is 11.3 Å². The summed E-state index contributed by atoms with van der Waals surface area (Å²) in [4.78, 5) is 12.0. The van der Waals surface area contributed by atoms with E-state index in [9.17, 15) is 4.79 Å². The fourth-order valence-electron chi connectivity index (χ4n) is 2.97. The lowest BCUT2D eigenvalue weighted by molar-refractivity contribution is -0.125. The van der Waals surface area contributed by atoms with Crippen LogP contribution in [0.15, 0.2) is 0 Å². The van der Waals surface area contributed by atoms with Crippen molar-refractivity contribution in [3.63, 3.8) is 0 Å². The lowest BCUT2D eigenvalue weighted by atomic mass is 9.77. The van der Waals surface area contributed by atoms with Crippen molar-refractivity contribution in [3.05, 3.63) is 0 Å². The molecule has 0 aliphatic carbocycles. The quantitative estimate of drug-likeness (QED) is 0.798. The van der Waals surface area contributed by atoms with E-state index in [2.05, 4.69) is 24.5 Å². The Labute approximate surface area is 110 Å².